The molecule has 8 atom stereocenters. The molecular weight excluding hydrogens is 404 g/mol. The zero-order valence-electron chi connectivity index (χ0n) is 20.6. The summed E-state index contributed by atoms with van der Waals surface area (Å²) in [4.78, 5) is 25.2. The molecule has 5 aliphatic rings. The molecule has 5 heteroatoms. The molecule has 0 aromatic carbocycles. The molecule has 1 aliphatic heterocycles. The topological polar surface area (TPSA) is 72.8 Å². The lowest BCUT2D eigenvalue weighted by atomic mass is 9.35. The highest BCUT2D eigenvalue weighted by Crippen LogP contribution is 2.73. The van der Waals surface area contributed by atoms with Crippen molar-refractivity contribution in [3.8, 4) is 0 Å². The summed E-state index contributed by atoms with van der Waals surface area (Å²) < 4.78 is 11.3. The van der Waals surface area contributed by atoms with Crippen molar-refractivity contribution in [3.63, 3.8) is 0 Å². The van der Waals surface area contributed by atoms with E-state index in [0.29, 0.717) is 34.8 Å². The van der Waals surface area contributed by atoms with Gasteiger partial charge in [0.15, 0.2) is 0 Å². The van der Waals surface area contributed by atoms with E-state index in [1.54, 1.807) is 0 Å². The van der Waals surface area contributed by atoms with Gasteiger partial charge in [0.1, 0.15) is 6.10 Å². The van der Waals surface area contributed by atoms with Gasteiger partial charge in [0.25, 0.3) is 0 Å². The van der Waals surface area contributed by atoms with Crippen LogP contribution in [0.25, 0.3) is 0 Å². The second-order valence-electron chi connectivity index (χ2n) is 12.9. The van der Waals surface area contributed by atoms with Crippen molar-refractivity contribution in [3.05, 3.63) is 11.1 Å². The monoisotopic (exact) mass is 444 g/mol. The third kappa shape index (κ3) is 2.72. The highest BCUT2D eigenvalue weighted by Gasteiger charge is 2.70. The predicted molar refractivity (Wildman–Crippen MR) is 120 cm³/mol. The van der Waals surface area contributed by atoms with Crippen LogP contribution in [0, 0.1) is 39.4 Å². The average Bonchev–Trinajstić information content (AvgIpc) is 2.97. The summed E-state index contributed by atoms with van der Waals surface area (Å²) in [6.45, 7) is 13.4. The molecule has 0 saturated heterocycles. The number of hydrogen-bond acceptors (Lipinski definition) is 5. The Morgan fingerprint density at radius 2 is 1.69 bits per heavy atom. The van der Waals surface area contributed by atoms with E-state index in [0.717, 1.165) is 19.3 Å². The largest absolute Gasteiger partial charge is 0.462 e. The van der Waals surface area contributed by atoms with Gasteiger partial charge in [-0.1, -0.05) is 41.0 Å². The highest BCUT2D eigenvalue weighted by atomic mass is 16.6. The average molecular weight is 445 g/mol. The Labute approximate surface area is 192 Å². The fraction of sp³-hybridized carbons (Fsp3) is 0.852. The summed E-state index contributed by atoms with van der Waals surface area (Å²) in [5, 5.41) is 10.4. The fourth-order valence-corrected chi connectivity index (χ4v) is 9.95. The molecule has 5 rings (SSSR count). The van der Waals surface area contributed by atoms with E-state index in [-0.39, 0.29) is 28.8 Å². The van der Waals surface area contributed by atoms with Gasteiger partial charge in [-0.25, -0.2) is 4.79 Å². The van der Waals surface area contributed by atoms with Crippen molar-refractivity contribution in [1.29, 1.82) is 0 Å². The van der Waals surface area contributed by atoms with Gasteiger partial charge in [0.2, 0.25) is 6.29 Å². The van der Waals surface area contributed by atoms with Crippen molar-refractivity contribution >= 4 is 11.9 Å². The molecule has 0 spiro atoms. The molecule has 0 radical (unpaired) electrons. The van der Waals surface area contributed by atoms with E-state index in [2.05, 4.69) is 34.6 Å². The van der Waals surface area contributed by atoms with Gasteiger partial charge < -0.3 is 14.6 Å². The summed E-state index contributed by atoms with van der Waals surface area (Å²) in [5.74, 6) is 0.621. The molecule has 4 aliphatic carbocycles. The lowest BCUT2D eigenvalue weighted by molar-refractivity contribution is -0.225. The van der Waals surface area contributed by atoms with Gasteiger partial charge in [0.05, 0.1) is 5.57 Å². The molecule has 0 amide bonds. The number of esters is 2. The summed E-state index contributed by atoms with van der Waals surface area (Å²) >= 11 is 0. The van der Waals surface area contributed by atoms with Crippen LogP contribution in [-0.4, -0.2) is 29.4 Å². The number of cyclic esters (lactones) is 1. The SMILES string of the molecule is CC(=O)O[C@@H]1C[C@@H]2[C@@]3(C)CCCC(C)(C)[C@@H]3CC[C@@]2(C)[C@@H]2CCC3=C(C(=O)OC3O)[C@@]12C. The maximum absolute atomic E-state index is 13.0. The minimum Gasteiger partial charge on any atom is -0.462 e. The van der Waals surface area contributed by atoms with Gasteiger partial charge in [-0.05, 0) is 78.9 Å². The first-order chi connectivity index (χ1) is 14.9. The number of aliphatic hydroxyl groups is 1. The third-order valence-corrected chi connectivity index (χ3v) is 11.1. The first-order valence-corrected chi connectivity index (χ1v) is 12.7. The second-order valence-corrected chi connectivity index (χ2v) is 12.9. The molecule has 1 N–H and O–H groups in total. The zero-order chi connectivity index (χ0) is 23.3. The number of carbonyl (C=O) groups excluding carboxylic acids is 2. The quantitative estimate of drug-likeness (QED) is 0.566. The molecule has 0 aromatic heterocycles. The van der Waals surface area contributed by atoms with Crippen LogP contribution in [0.3, 0.4) is 0 Å². The van der Waals surface area contributed by atoms with Crippen LogP contribution in [0.4, 0.5) is 0 Å². The molecule has 1 heterocycles. The van der Waals surface area contributed by atoms with Crippen LogP contribution < -0.4 is 0 Å². The summed E-state index contributed by atoms with van der Waals surface area (Å²) in [6.07, 6.45) is 6.98. The third-order valence-electron chi connectivity index (χ3n) is 11.1. The summed E-state index contributed by atoms with van der Waals surface area (Å²) in [5.41, 5.74) is 1.30. The Balaban J connectivity index is 1.65. The highest BCUT2D eigenvalue weighted by molar-refractivity contribution is 5.94. The maximum Gasteiger partial charge on any atom is 0.337 e. The minimum atomic E-state index is -1.15. The molecule has 0 aromatic rings. The lowest BCUT2D eigenvalue weighted by Crippen LogP contribution is -2.66. The Hall–Kier alpha value is -1.36. The van der Waals surface area contributed by atoms with E-state index in [4.69, 9.17) is 9.47 Å². The predicted octanol–water partition coefficient (Wildman–Crippen LogP) is 5.16. The smallest absolute Gasteiger partial charge is 0.337 e. The van der Waals surface area contributed by atoms with E-state index in [9.17, 15) is 14.7 Å². The van der Waals surface area contributed by atoms with E-state index in [1.807, 2.05) is 0 Å². The van der Waals surface area contributed by atoms with E-state index < -0.39 is 17.7 Å². The molecule has 32 heavy (non-hydrogen) atoms. The number of aliphatic hydroxyl groups excluding tert-OH is 1. The fourth-order valence-electron chi connectivity index (χ4n) is 9.95. The molecule has 3 fully saturated rings. The van der Waals surface area contributed by atoms with Crippen molar-refractivity contribution in [2.75, 3.05) is 0 Å². The number of ether oxygens (including phenoxy) is 2. The Bertz CT molecular complexity index is 888. The van der Waals surface area contributed by atoms with Gasteiger partial charge in [0, 0.05) is 17.9 Å². The van der Waals surface area contributed by atoms with Gasteiger partial charge in [-0.2, -0.15) is 0 Å². The first kappa shape index (κ1) is 22.4. The molecule has 178 valence electrons. The lowest BCUT2D eigenvalue weighted by Gasteiger charge is -2.70. The molecule has 5 nitrogen and oxygen atoms in total. The van der Waals surface area contributed by atoms with Crippen LogP contribution in [0.2, 0.25) is 0 Å². The Morgan fingerprint density at radius 1 is 1.00 bits per heavy atom. The van der Waals surface area contributed by atoms with Gasteiger partial charge in [-0.15, -0.1) is 0 Å². The van der Waals surface area contributed by atoms with E-state index >= 15 is 0 Å². The summed E-state index contributed by atoms with van der Waals surface area (Å²) in [7, 11) is 0. The van der Waals surface area contributed by atoms with Crippen LogP contribution >= 0.6 is 0 Å². The molecule has 0 bridgehead atoms. The van der Waals surface area contributed by atoms with Crippen molar-refractivity contribution < 1.29 is 24.2 Å². The Kier molecular flexibility index (Phi) is 4.79. The summed E-state index contributed by atoms with van der Waals surface area (Å²) in [6, 6.07) is 0. The maximum atomic E-state index is 13.0. The first-order valence-electron chi connectivity index (χ1n) is 12.7. The van der Waals surface area contributed by atoms with Crippen molar-refractivity contribution in [2.24, 2.45) is 39.4 Å². The van der Waals surface area contributed by atoms with Crippen LogP contribution in [0.5, 0.6) is 0 Å². The number of carbonyl (C=O) groups is 2. The molecular formula is C27H40O5. The van der Waals surface area contributed by atoms with E-state index in [1.165, 1.54) is 32.6 Å². The number of hydrogen-bond donors (Lipinski definition) is 1. The normalized spacial score (nSPS) is 49.3. The molecule has 1 unspecified atom stereocenters. The van der Waals surface area contributed by atoms with Crippen molar-refractivity contribution in [2.45, 2.75) is 105 Å². The number of fused-ring (bicyclic) bond motifs is 6. The second kappa shape index (κ2) is 6.84. The van der Waals surface area contributed by atoms with Crippen molar-refractivity contribution in [1.82, 2.24) is 0 Å². The number of rotatable bonds is 1. The van der Waals surface area contributed by atoms with Crippen LogP contribution in [0.1, 0.15) is 92.9 Å². The van der Waals surface area contributed by atoms with Gasteiger partial charge >= 0.3 is 11.9 Å². The molecule has 3 saturated carbocycles. The standard InChI is InChI=1S/C27H40O5/c1-15(28)31-20-14-19-25(4)12-7-11-24(2,3)17(25)10-13-26(19,5)18-9-8-16-21(27(18,20)6)23(30)32-22(16)29/h17-20,22,29H,7-14H2,1-6H3/t17-,18-,19+,20+,22?,25-,26-,27+/m0/s1. The Morgan fingerprint density at radius 3 is 2.38 bits per heavy atom. The zero-order valence-corrected chi connectivity index (χ0v) is 20.6. The van der Waals surface area contributed by atoms with Crippen LogP contribution in [0.15, 0.2) is 11.1 Å². The van der Waals surface area contributed by atoms with Gasteiger partial charge in [-0.3, -0.25) is 4.79 Å². The van der Waals surface area contributed by atoms with Crippen LogP contribution in [-0.2, 0) is 19.1 Å². The minimum absolute atomic E-state index is 0.0659.